The van der Waals surface area contributed by atoms with Crippen LogP contribution in [-0.4, -0.2) is 31.7 Å². The van der Waals surface area contributed by atoms with Gasteiger partial charge < -0.3 is 15.4 Å². The van der Waals surface area contributed by atoms with E-state index in [4.69, 9.17) is 4.74 Å². The molecule has 2 N–H and O–H groups in total. The first-order chi connectivity index (χ1) is 9.63. The molecule has 0 aromatic heterocycles. The van der Waals surface area contributed by atoms with Gasteiger partial charge >= 0.3 is 0 Å². The molecule has 2 rings (SSSR count). The minimum atomic E-state index is -0.405. The molecule has 2 atom stereocenters. The molecule has 1 aromatic rings. The van der Waals surface area contributed by atoms with E-state index in [0.717, 1.165) is 13.0 Å². The van der Waals surface area contributed by atoms with Crippen LogP contribution in [0.3, 0.4) is 0 Å². The van der Waals surface area contributed by atoms with Crippen LogP contribution in [0.4, 0.5) is 10.1 Å². The topological polar surface area (TPSA) is 50.4 Å². The van der Waals surface area contributed by atoms with Crippen molar-refractivity contribution in [3.63, 3.8) is 0 Å². The molecule has 1 aliphatic heterocycles. The van der Waals surface area contributed by atoms with Gasteiger partial charge in [0.1, 0.15) is 5.82 Å². The van der Waals surface area contributed by atoms with Gasteiger partial charge in [0.15, 0.2) is 0 Å². The number of hydrogen-bond donors (Lipinski definition) is 2. The Bertz CT molecular complexity index is 479. The highest BCUT2D eigenvalue weighted by Crippen LogP contribution is 2.21. The number of anilines is 1. The first-order valence-corrected chi connectivity index (χ1v) is 7.05. The van der Waals surface area contributed by atoms with Crippen molar-refractivity contribution in [1.82, 2.24) is 5.32 Å². The molecule has 1 fully saturated rings. The lowest BCUT2D eigenvalue weighted by atomic mass is 10.0. The van der Waals surface area contributed by atoms with E-state index in [9.17, 15) is 9.18 Å². The van der Waals surface area contributed by atoms with Gasteiger partial charge in [-0.3, -0.25) is 4.79 Å². The summed E-state index contributed by atoms with van der Waals surface area (Å²) in [6, 6.07) is 4.53. The highest BCUT2D eigenvalue weighted by Gasteiger charge is 2.25. The summed E-state index contributed by atoms with van der Waals surface area (Å²) < 4.78 is 19.2. The maximum Gasteiger partial charge on any atom is 0.253 e. The fraction of sp³-hybridized carbons (Fsp3) is 0.533. The summed E-state index contributed by atoms with van der Waals surface area (Å²) in [6.07, 6.45) is 1.11. The van der Waals surface area contributed by atoms with E-state index < -0.39 is 5.82 Å². The summed E-state index contributed by atoms with van der Waals surface area (Å²) in [5.41, 5.74) is 0.613. The summed E-state index contributed by atoms with van der Waals surface area (Å²) in [6.45, 7) is 5.74. The van der Waals surface area contributed by atoms with Crippen molar-refractivity contribution in [2.45, 2.75) is 26.4 Å². The van der Waals surface area contributed by atoms with Crippen LogP contribution in [0.25, 0.3) is 0 Å². The third-order valence-corrected chi connectivity index (χ3v) is 3.67. The van der Waals surface area contributed by atoms with Crippen LogP contribution >= 0.6 is 0 Å². The van der Waals surface area contributed by atoms with Crippen molar-refractivity contribution in [2.24, 2.45) is 5.92 Å². The Morgan fingerprint density at radius 1 is 1.50 bits per heavy atom. The van der Waals surface area contributed by atoms with E-state index in [1.165, 1.54) is 6.07 Å². The first-order valence-electron chi connectivity index (χ1n) is 7.05. The number of carbonyl (C=O) groups excluding carboxylic acids is 1. The molecule has 0 bridgehead atoms. The van der Waals surface area contributed by atoms with Gasteiger partial charge in [-0.1, -0.05) is 6.07 Å². The molecule has 0 saturated carbocycles. The Hall–Kier alpha value is -1.62. The predicted octanol–water partition coefficient (Wildman–Crippen LogP) is 2.41. The predicted molar refractivity (Wildman–Crippen MR) is 76.4 cm³/mol. The largest absolute Gasteiger partial charge is 0.382 e. The molecule has 1 aromatic carbocycles. The smallest absolute Gasteiger partial charge is 0.253 e. The second kappa shape index (κ2) is 6.70. The molecule has 2 unspecified atom stereocenters. The second-order valence-electron chi connectivity index (χ2n) is 5.03. The molecule has 5 heteroatoms. The van der Waals surface area contributed by atoms with Crippen LogP contribution in [0.2, 0.25) is 0 Å². The monoisotopic (exact) mass is 280 g/mol. The van der Waals surface area contributed by atoms with Gasteiger partial charge in [0.2, 0.25) is 0 Å². The molecule has 0 radical (unpaired) electrons. The van der Waals surface area contributed by atoms with Crippen LogP contribution in [0, 0.1) is 11.7 Å². The maximum absolute atomic E-state index is 13.7. The average Bonchev–Trinajstić information content (AvgIpc) is 2.84. The third kappa shape index (κ3) is 3.28. The van der Waals surface area contributed by atoms with Crippen LogP contribution < -0.4 is 10.6 Å². The van der Waals surface area contributed by atoms with E-state index in [1.807, 2.05) is 13.8 Å². The Kier molecular flexibility index (Phi) is 4.95. The average molecular weight is 280 g/mol. The van der Waals surface area contributed by atoms with Gasteiger partial charge in [-0.25, -0.2) is 4.39 Å². The van der Waals surface area contributed by atoms with Crippen molar-refractivity contribution in [2.75, 3.05) is 25.0 Å². The van der Waals surface area contributed by atoms with E-state index >= 15 is 0 Å². The molecular weight excluding hydrogens is 259 g/mol. The number of carbonyl (C=O) groups is 1. The SMILES string of the molecule is CCNc1c(F)cccc1C(=O)NCC1CCOC1C. The summed E-state index contributed by atoms with van der Waals surface area (Å²) in [7, 11) is 0. The fourth-order valence-electron chi connectivity index (χ4n) is 2.43. The van der Waals surface area contributed by atoms with Gasteiger partial charge in [0.05, 0.1) is 17.4 Å². The quantitative estimate of drug-likeness (QED) is 0.871. The Morgan fingerprint density at radius 2 is 2.30 bits per heavy atom. The van der Waals surface area contributed by atoms with E-state index in [1.54, 1.807) is 12.1 Å². The molecule has 1 saturated heterocycles. The molecule has 0 spiro atoms. The van der Waals surface area contributed by atoms with Crippen molar-refractivity contribution in [1.29, 1.82) is 0 Å². The fourth-order valence-corrected chi connectivity index (χ4v) is 2.43. The zero-order chi connectivity index (χ0) is 14.5. The molecule has 1 aliphatic rings. The molecule has 0 aliphatic carbocycles. The van der Waals surface area contributed by atoms with Crippen LogP contribution in [0.5, 0.6) is 0 Å². The number of rotatable bonds is 5. The minimum absolute atomic E-state index is 0.163. The summed E-state index contributed by atoms with van der Waals surface area (Å²) >= 11 is 0. The number of benzene rings is 1. The maximum atomic E-state index is 13.7. The van der Waals surface area contributed by atoms with Crippen LogP contribution in [0.1, 0.15) is 30.6 Å². The Labute approximate surface area is 118 Å². The lowest BCUT2D eigenvalue weighted by molar-refractivity contribution is 0.0907. The van der Waals surface area contributed by atoms with Gasteiger partial charge in [0.25, 0.3) is 5.91 Å². The normalized spacial score (nSPS) is 21.8. The van der Waals surface area contributed by atoms with Crippen molar-refractivity contribution in [3.05, 3.63) is 29.6 Å². The highest BCUT2D eigenvalue weighted by molar-refractivity contribution is 5.99. The number of para-hydroxylation sites is 1. The lowest BCUT2D eigenvalue weighted by Gasteiger charge is -2.16. The van der Waals surface area contributed by atoms with Crippen LogP contribution in [-0.2, 0) is 4.74 Å². The molecule has 1 heterocycles. The van der Waals surface area contributed by atoms with Crippen molar-refractivity contribution < 1.29 is 13.9 Å². The van der Waals surface area contributed by atoms with Crippen molar-refractivity contribution >= 4 is 11.6 Å². The van der Waals surface area contributed by atoms with Gasteiger partial charge in [-0.15, -0.1) is 0 Å². The number of ether oxygens (including phenoxy) is 1. The molecule has 1 amide bonds. The van der Waals surface area contributed by atoms with E-state index in [-0.39, 0.29) is 17.7 Å². The standard InChI is InChI=1S/C15H21FN2O2/c1-3-17-14-12(5-4-6-13(14)16)15(19)18-9-11-7-8-20-10(11)2/h4-6,10-11,17H,3,7-9H2,1-2H3,(H,18,19). The number of nitrogens with one attached hydrogen (secondary N) is 2. The number of halogens is 1. The molecular formula is C15H21FN2O2. The Balaban J connectivity index is 2.03. The van der Waals surface area contributed by atoms with Crippen LogP contribution in [0.15, 0.2) is 18.2 Å². The third-order valence-electron chi connectivity index (χ3n) is 3.67. The first kappa shape index (κ1) is 14.8. The lowest BCUT2D eigenvalue weighted by Crippen LogP contribution is -2.32. The summed E-state index contributed by atoms with van der Waals surface area (Å²) in [4.78, 5) is 12.2. The summed E-state index contributed by atoms with van der Waals surface area (Å²) in [5, 5.41) is 5.77. The highest BCUT2D eigenvalue weighted by atomic mass is 19.1. The number of hydrogen-bond acceptors (Lipinski definition) is 3. The zero-order valence-corrected chi connectivity index (χ0v) is 11.9. The Morgan fingerprint density at radius 3 is 2.95 bits per heavy atom. The van der Waals surface area contributed by atoms with Gasteiger partial charge in [-0.2, -0.15) is 0 Å². The van der Waals surface area contributed by atoms with Gasteiger partial charge in [0, 0.05) is 25.6 Å². The molecule has 110 valence electrons. The van der Waals surface area contributed by atoms with E-state index in [0.29, 0.717) is 24.6 Å². The zero-order valence-electron chi connectivity index (χ0n) is 11.9. The number of amides is 1. The summed E-state index contributed by atoms with van der Waals surface area (Å²) in [5.74, 6) is -0.327. The minimum Gasteiger partial charge on any atom is -0.382 e. The van der Waals surface area contributed by atoms with Crippen molar-refractivity contribution in [3.8, 4) is 0 Å². The molecule has 20 heavy (non-hydrogen) atoms. The second-order valence-corrected chi connectivity index (χ2v) is 5.03. The van der Waals surface area contributed by atoms with Gasteiger partial charge in [-0.05, 0) is 32.4 Å². The van der Waals surface area contributed by atoms with E-state index in [2.05, 4.69) is 10.6 Å². The molecule has 4 nitrogen and oxygen atoms in total.